The number of aromatic amines is 1. The molecular weight excluding hydrogens is 218 g/mol. The van der Waals surface area contributed by atoms with Gasteiger partial charge in [-0.05, 0) is 47.4 Å². The zero-order valence-electron chi connectivity index (χ0n) is 11.5. The highest BCUT2D eigenvalue weighted by atomic mass is 14.7. The van der Waals surface area contributed by atoms with E-state index in [0.29, 0.717) is 11.8 Å². The number of nitrogens with one attached hydrogen (secondary N) is 1. The number of rotatable bonds is 2. The van der Waals surface area contributed by atoms with Gasteiger partial charge in [-0.3, -0.25) is 0 Å². The molecule has 1 nitrogen and oxygen atoms in total. The van der Waals surface area contributed by atoms with Crippen molar-refractivity contribution < 1.29 is 0 Å². The third-order valence-corrected chi connectivity index (χ3v) is 4.21. The summed E-state index contributed by atoms with van der Waals surface area (Å²) in [4.78, 5) is 3.45. The highest BCUT2D eigenvalue weighted by molar-refractivity contribution is 5.92. The Morgan fingerprint density at radius 2 is 2.17 bits per heavy atom. The molecule has 0 fully saturated rings. The molecule has 1 aliphatic rings. The van der Waals surface area contributed by atoms with Gasteiger partial charge in [0.1, 0.15) is 0 Å². The van der Waals surface area contributed by atoms with Gasteiger partial charge in [0.05, 0.1) is 0 Å². The molecule has 0 saturated carbocycles. The highest BCUT2D eigenvalue weighted by Crippen LogP contribution is 2.45. The number of hydrogen-bond acceptors (Lipinski definition) is 0. The van der Waals surface area contributed by atoms with Crippen LogP contribution in [0.15, 0.2) is 24.4 Å². The van der Waals surface area contributed by atoms with E-state index in [1.807, 2.05) is 0 Å². The molecule has 0 saturated heterocycles. The molecule has 1 heterocycles. The van der Waals surface area contributed by atoms with Crippen LogP contribution in [0, 0.1) is 0 Å². The molecule has 0 amide bonds. The second-order valence-corrected chi connectivity index (χ2v) is 5.58. The Balaban J connectivity index is 2.28. The first-order valence-electron chi connectivity index (χ1n) is 7.02. The largest absolute Gasteiger partial charge is 0.361 e. The van der Waals surface area contributed by atoms with E-state index in [4.69, 9.17) is 0 Å². The topological polar surface area (TPSA) is 15.8 Å². The van der Waals surface area contributed by atoms with Gasteiger partial charge in [-0.15, -0.1) is 0 Å². The Labute approximate surface area is 109 Å². The van der Waals surface area contributed by atoms with Crippen LogP contribution in [0.4, 0.5) is 0 Å². The molecule has 0 aliphatic heterocycles. The Bertz CT molecular complexity index is 603. The second-order valence-electron chi connectivity index (χ2n) is 5.58. The number of benzene rings is 1. The fourth-order valence-electron chi connectivity index (χ4n) is 3.40. The molecule has 1 aromatic carbocycles. The first-order chi connectivity index (χ1) is 8.72. The van der Waals surface area contributed by atoms with Gasteiger partial charge in [-0.1, -0.05) is 39.0 Å². The van der Waals surface area contributed by atoms with Crippen molar-refractivity contribution >= 4 is 17.0 Å². The minimum absolute atomic E-state index is 0.681. The van der Waals surface area contributed by atoms with Crippen molar-refractivity contribution in [2.75, 3.05) is 0 Å². The van der Waals surface area contributed by atoms with E-state index in [2.05, 4.69) is 56.2 Å². The lowest BCUT2D eigenvalue weighted by atomic mass is 9.96. The quantitative estimate of drug-likeness (QED) is 0.741. The van der Waals surface area contributed by atoms with Crippen molar-refractivity contribution in [3.05, 3.63) is 41.1 Å². The van der Waals surface area contributed by atoms with Gasteiger partial charge in [0.25, 0.3) is 0 Å². The SMILES string of the molecule is CC/C=C/c1cc2c(c3[nH]ccc13)C(C)CC2C. The third-order valence-electron chi connectivity index (χ3n) is 4.21. The zero-order valence-corrected chi connectivity index (χ0v) is 11.5. The van der Waals surface area contributed by atoms with Crippen LogP contribution in [0.5, 0.6) is 0 Å². The van der Waals surface area contributed by atoms with Crippen LogP contribution in [0.3, 0.4) is 0 Å². The average Bonchev–Trinajstić information content (AvgIpc) is 2.92. The fourth-order valence-corrected chi connectivity index (χ4v) is 3.40. The maximum absolute atomic E-state index is 3.45. The summed E-state index contributed by atoms with van der Waals surface area (Å²) in [6.07, 6.45) is 8.96. The lowest BCUT2D eigenvalue weighted by Crippen LogP contribution is -1.91. The Kier molecular flexibility index (Phi) is 2.77. The molecule has 1 aromatic heterocycles. The number of allylic oxidation sites excluding steroid dienone is 1. The molecule has 3 rings (SSSR count). The summed E-state index contributed by atoms with van der Waals surface area (Å²) in [6, 6.07) is 4.62. The molecule has 0 radical (unpaired) electrons. The minimum Gasteiger partial charge on any atom is -0.361 e. The van der Waals surface area contributed by atoms with E-state index >= 15 is 0 Å². The molecule has 0 spiro atoms. The number of fused-ring (bicyclic) bond motifs is 3. The summed E-state index contributed by atoms with van der Waals surface area (Å²) in [7, 11) is 0. The van der Waals surface area contributed by atoms with Crippen LogP contribution < -0.4 is 0 Å². The van der Waals surface area contributed by atoms with Crippen LogP contribution in [0.25, 0.3) is 17.0 Å². The maximum atomic E-state index is 3.45. The van der Waals surface area contributed by atoms with Crippen molar-refractivity contribution in [3.8, 4) is 0 Å². The summed E-state index contributed by atoms with van der Waals surface area (Å²) in [6.45, 7) is 6.89. The van der Waals surface area contributed by atoms with Crippen molar-refractivity contribution in [3.63, 3.8) is 0 Å². The molecular formula is C17H21N. The third kappa shape index (κ3) is 1.61. The maximum Gasteiger partial charge on any atom is 0.0498 e. The first-order valence-corrected chi connectivity index (χ1v) is 7.02. The number of hydrogen-bond donors (Lipinski definition) is 1. The van der Waals surface area contributed by atoms with Crippen molar-refractivity contribution in [1.82, 2.24) is 4.98 Å². The summed E-state index contributed by atoms with van der Waals surface area (Å²) in [5, 5.41) is 1.37. The Morgan fingerprint density at radius 1 is 1.33 bits per heavy atom. The summed E-state index contributed by atoms with van der Waals surface area (Å²) >= 11 is 0. The fraction of sp³-hybridized carbons (Fsp3) is 0.412. The van der Waals surface area contributed by atoms with Crippen LogP contribution >= 0.6 is 0 Å². The van der Waals surface area contributed by atoms with Gasteiger partial charge in [-0.25, -0.2) is 0 Å². The predicted molar refractivity (Wildman–Crippen MR) is 79.1 cm³/mol. The van der Waals surface area contributed by atoms with Gasteiger partial charge < -0.3 is 4.98 Å². The number of H-pyrrole nitrogens is 1. The monoisotopic (exact) mass is 239 g/mol. The van der Waals surface area contributed by atoms with Crippen molar-refractivity contribution in [2.24, 2.45) is 0 Å². The molecule has 94 valence electrons. The smallest absolute Gasteiger partial charge is 0.0498 e. The molecule has 1 heteroatoms. The highest BCUT2D eigenvalue weighted by Gasteiger charge is 2.28. The second kappa shape index (κ2) is 4.31. The molecule has 2 unspecified atom stereocenters. The normalized spacial score (nSPS) is 23.1. The van der Waals surface area contributed by atoms with E-state index in [1.165, 1.54) is 22.9 Å². The first kappa shape index (κ1) is 11.6. The molecule has 0 bridgehead atoms. The van der Waals surface area contributed by atoms with E-state index < -0.39 is 0 Å². The summed E-state index contributed by atoms with van der Waals surface area (Å²) in [5.74, 6) is 1.37. The lowest BCUT2D eigenvalue weighted by Gasteiger charge is -2.10. The molecule has 1 N–H and O–H groups in total. The number of aromatic nitrogens is 1. The van der Waals surface area contributed by atoms with E-state index in [1.54, 1.807) is 11.1 Å². The minimum atomic E-state index is 0.681. The van der Waals surface area contributed by atoms with Gasteiger partial charge in [0, 0.05) is 17.1 Å². The van der Waals surface area contributed by atoms with Crippen LogP contribution in [-0.4, -0.2) is 4.98 Å². The van der Waals surface area contributed by atoms with Crippen LogP contribution in [0.2, 0.25) is 0 Å². The van der Waals surface area contributed by atoms with Gasteiger partial charge in [-0.2, -0.15) is 0 Å². The zero-order chi connectivity index (χ0) is 12.7. The molecule has 2 aromatic rings. The van der Waals surface area contributed by atoms with E-state index in [9.17, 15) is 0 Å². The van der Waals surface area contributed by atoms with Crippen molar-refractivity contribution in [2.45, 2.75) is 45.4 Å². The van der Waals surface area contributed by atoms with Gasteiger partial charge >= 0.3 is 0 Å². The molecule has 2 atom stereocenters. The Hall–Kier alpha value is -1.50. The van der Waals surface area contributed by atoms with Crippen LogP contribution in [-0.2, 0) is 0 Å². The Morgan fingerprint density at radius 3 is 2.94 bits per heavy atom. The molecule has 18 heavy (non-hydrogen) atoms. The summed E-state index contributed by atoms with van der Waals surface area (Å²) < 4.78 is 0. The molecule has 1 aliphatic carbocycles. The lowest BCUT2D eigenvalue weighted by molar-refractivity contribution is 0.662. The van der Waals surface area contributed by atoms with Crippen molar-refractivity contribution in [1.29, 1.82) is 0 Å². The van der Waals surface area contributed by atoms with Crippen LogP contribution in [0.1, 0.15) is 62.1 Å². The average molecular weight is 239 g/mol. The standard InChI is InChI=1S/C17H21N/c1-4-5-6-13-10-15-11(2)9-12(3)16(15)17-14(13)7-8-18-17/h5-8,10-12,18H,4,9H2,1-3H3/b6-5+. The van der Waals surface area contributed by atoms with E-state index in [0.717, 1.165) is 6.42 Å². The predicted octanol–water partition coefficient (Wildman–Crippen LogP) is 5.20. The summed E-state index contributed by atoms with van der Waals surface area (Å²) in [5.41, 5.74) is 5.83. The van der Waals surface area contributed by atoms with Gasteiger partial charge in [0.2, 0.25) is 0 Å². The van der Waals surface area contributed by atoms with Gasteiger partial charge in [0.15, 0.2) is 0 Å². The van der Waals surface area contributed by atoms with E-state index in [-0.39, 0.29) is 0 Å².